The summed E-state index contributed by atoms with van der Waals surface area (Å²) in [6, 6.07) is 6.38. The number of aliphatic hydroxyl groups is 1. The largest absolute Gasteiger partial charge is 0.394 e. The van der Waals surface area contributed by atoms with E-state index in [0.29, 0.717) is 0 Å². The SMILES string of the molecule is Cc1cccc(C)c1NC(=S)N1CCCCC1CO. The molecule has 0 amide bonds. The van der Waals surface area contributed by atoms with Crippen LogP contribution in [0.2, 0.25) is 0 Å². The van der Waals surface area contributed by atoms with E-state index in [1.165, 1.54) is 17.5 Å². The number of hydrogen-bond acceptors (Lipinski definition) is 2. The maximum absolute atomic E-state index is 9.46. The average molecular weight is 278 g/mol. The van der Waals surface area contributed by atoms with E-state index >= 15 is 0 Å². The van der Waals surface area contributed by atoms with Gasteiger partial charge in [-0.3, -0.25) is 0 Å². The summed E-state index contributed by atoms with van der Waals surface area (Å²) in [5.74, 6) is 0. The first-order valence-electron chi connectivity index (χ1n) is 6.88. The Labute approximate surface area is 120 Å². The maximum Gasteiger partial charge on any atom is 0.173 e. The van der Waals surface area contributed by atoms with Gasteiger partial charge in [-0.25, -0.2) is 0 Å². The Morgan fingerprint density at radius 2 is 2.05 bits per heavy atom. The summed E-state index contributed by atoms with van der Waals surface area (Å²) in [5, 5.41) is 13.5. The lowest BCUT2D eigenvalue weighted by atomic mass is 10.0. The molecule has 0 radical (unpaired) electrons. The molecule has 104 valence electrons. The molecule has 0 bridgehead atoms. The molecule has 1 heterocycles. The molecule has 1 unspecified atom stereocenters. The predicted molar refractivity (Wildman–Crippen MR) is 83.6 cm³/mol. The van der Waals surface area contributed by atoms with Gasteiger partial charge in [-0.15, -0.1) is 0 Å². The third kappa shape index (κ3) is 3.25. The summed E-state index contributed by atoms with van der Waals surface area (Å²) < 4.78 is 0. The number of aliphatic hydroxyl groups excluding tert-OH is 1. The monoisotopic (exact) mass is 278 g/mol. The number of rotatable bonds is 2. The van der Waals surface area contributed by atoms with Gasteiger partial charge in [0.15, 0.2) is 5.11 Å². The van der Waals surface area contributed by atoms with Gasteiger partial charge in [0.25, 0.3) is 0 Å². The van der Waals surface area contributed by atoms with Crippen molar-refractivity contribution in [2.75, 3.05) is 18.5 Å². The standard InChI is InChI=1S/C15H22N2OS/c1-11-6-5-7-12(2)14(11)16-15(19)17-9-4-3-8-13(17)10-18/h5-7,13,18H,3-4,8-10H2,1-2H3,(H,16,19). The highest BCUT2D eigenvalue weighted by atomic mass is 32.1. The molecule has 1 aliphatic rings. The smallest absolute Gasteiger partial charge is 0.173 e. The first-order chi connectivity index (χ1) is 9.13. The van der Waals surface area contributed by atoms with Crippen LogP contribution in [0, 0.1) is 13.8 Å². The number of para-hydroxylation sites is 1. The van der Waals surface area contributed by atoms with Crippen LogP contribution >= 0.6 is 12.2 Å². The zero-order valence-corrected chi connectivity index (χ0v) is 12.5. The van der Waals surface area contributed by atoms with E-state index < -0.39 is 0 Å². The van der Waals surface area contributed by atoms with Gasteiger partial charge in [-0.1, -0.05) is 18.2 Å². The highest BCUT2D eigenvalue weighted by molar-refractivity contribution is 7.80. The molecule has 0 saturated carbocycles. The van der Waals surface area contributed by atoms with Crippen molar-refractivity contribution < 1.29 is 5.11 Å². The molecule has 1 aromatic rings. The molecule has 2 rings (SSSR count). The number of thiocarbonyl (C=S) groups is 1. The highest BCUT2D eigenvalue weighted by Gasteiger charge is 2.24. The minimum atomic E-state index is 0.165. The summed E-state index contributed by atoms with van der Waals surface area (Å²) >= 11 is 5.52. The fraction of sp³-hybridized carbons (Fsp3) is 0.533. The molecular weight excluding hydrogens is 256 g/mol. The number of benzene rings is 1. The van der Waals surface area contributed by atoms with E-state index in [0.717, 1.165) is 30.2 Å². The minimum absolute atomic E-state index is 0.165. The Kier molecular flexibility index (Phi) is 4.77. The minimum Gasteiger partial charge on any atom is -0.394 e. The Hall–Kier alpha value is -1.13. The van der Waals surface area contributed by atoms with Crippen molar-refractivity contribution in [3.63, 3.8) is 0 Å². The van der Waals surface area contributed by atoms with Crippen LogP contribution in [0.5, 0.6) is 0 Å². The van der Waals surface area contributed by atoms with Crippen molar-refractivity contribution >= 4 is 23.0 Å². The van der Waals surface area contributed by atoms with Crippen molar-refractivity contribution in [2.45, 2.75) is 39.2 Å². The molecular formula is C15H22N2OS. The molecule has 0 spiro atoms. The topological polar surface area (TPSA) is 35.5 Å². The summed E-state index contributed by atoms with van der Waals surface area (Å²) in [4.78, 5) is 2.13. The molecule has 4 heteroatoms. The molecule has 3 nitrogen and oxygen atoms in total. The van der Waals surface area contributed by atoms with E-state index in [1.807, 2.05) is 0 Å². The number of hydrogen-bond donors (Lipinski definition) is 2. The van der Waals surface area contributed by atoms with Crippen LogP contribution < -0.4 is 5.32 Å². The fourth-order valence-electron chi connectivity index (χ4n) is 2.65. The Morgan fingerprint density at radius 3 is 2.68 bits per heavy atom. The van der Waals surface area contributed by atoms with Crippen molar-refractivity contribution in [3.05, 3.63) is 29.3 Å². The van der Waals surface area contributed by atoms with Crippen molar-refractivity contribution in [3.8, 4) is 0 Å². The van der Waals surface area contributed by atoms with Crippen LogP contribution in [0.3, 0.4) is 0 Å². The molecule has 0 aliphatic carbocycles. The van der Waals surface area contributed by atoms with Gasteiger partial charge >= 0.3 is 0 Å². The fourth-order valence-corrected chi connectivity index (χ4v) is 2.99. The van der Waals surface area contributed by atoms with Crippen LogP contribution in [0.25, 0.3) is 0 Å². The molecule has 2 N–H and O–H groups in total. The zero-order chi connectivity index (χ0) is 13.8. The number of nitrogens with zero attached hydrogens (tertiary/aromatic N) is 1. The van der Waals surface area contributed by atoms with Gasteiger partial charge in [0.1, 0.15) is 0 Å². The molecule has 1 saturated heterocycles. The lowest BCUT2D eigenvalue weighted by Crippen LogP contribution is -2.47. The van der Waals surface area contributed by atoms with Crippen LogP contribution in [0.4, 0.5) is 5.69 Å². The van der Waals surface area contributed by atoms with Crippen LogP contribution in [0.15, 0.2) is 18.2 Å². The van der Waals surface area contributed by atoms with E-state index in [9.17, 15) is 5.11 Å². The van der Waals surface area contributed by atoms with E-state index in [4.69, 9.17) is 12.2 Å². The maximum atomic E-state index is 9.46. The Balaban J connectivity index is 2.12. The summed E-state index contributed by atoms with van der Waals surface area (Å²) in [5.41, 5.74) is 3.48. The average Bonchev–Trinajstić information content (AvgIpc) is 2.42. The second-order valence-electron chi connectivity index (χ2n) is 5.22. The first kappa shape index (κ1) is 14.3. The van der Waals surface area contributed by atoms with Crippen LogP contribution in [-0.4, -0.2) is 34.3 Å². The number of nitrogens with one attached hydrogen (secondary N) is 1. The predicted octanol–water partition coefficient (Wildman–Crippen LogP) is 2.85. The Bertz CT molecular complexity index is 441. The van der Waals surface area contributed by atoms with Gasteiger partial charge in [-0.2, -0.15) is 0 Å². The van der Waals surface area contributed by atoms with E-state index in [2.05, 4.69) is 42.3 Å². The number of aryl methyl sites for hydroxylation is 2. The molecule has 1 fully saturated rings. The molecule has 0 aromatic heterocycles. The van der Waals surface area contributed by atoms with Gasteiger partial charge < -0.3 is 15.3 Å². The van der Waals surface area contributed by atoms with Gasteiger partial charge in [-0.05, 0) is 56.5 Å². The van der Waals surface area contributed by atoms with Crippen molar-refractivity contribution in [1.29, 1.82) is 0 Å². The number of piperidine rings is 1. The van der Waals surface area contributed by atoms with E-state index in [-0.39, 0.29) is 12.6 Å². The summed E-state index contributed by atoms with van der Waals surface area (Å²) in [7, 11) is 0. The second kappa shape index (κ2) is 6.35. The van der Waals surface area contributed by atoms with Crippen LogP contribution in [0.1, 0.15) is 30.4 Å². The molecule has 19 heavy (non-hydrogen) atoms. The number of anilines is 1. The second-order valence-corrected chi connectivity index (χ2v) is 5.61. The summed E-state index contributed by atoms with van der Waals surface area (Å²) in [6.45, 7) is 5.27. The molecule has 1 atom stereocenters. The zero-order valence-electron chi connectivity index (χ0n) is 11.6. The number of likely N-dealkylation sites (tertiary alicyclic amines) is 1. The Morgan fingerprint density at radius 1 is 1.37 bits per heavy atom. The third-order valence-electron chi connectivity index (χ3n) is 3.81. The van der Waals surface area contributed by atoms with Gasteiger partial charge in [0, 0.05) is 12.2 Å². The van der Waals surface area contributed by atoms with Gasteiger partial charge in [0.05, 0.1) is 12.6 Å². The quantitative estimate of drug-likeness (QED) is 0.816. The lowest BCUT2D eigenvalue weighted by Gasteiger charge is -2.37. The molecule has 1 aromatic carbocycles. The van der Waals surface area contributed by atoms with Crippen molar-refractivity contribution in [1.82, 2.24) is 4.90 Å². The van der Waals surface area contributed by atoms with Gasteiger partial charge in [0.2, 0.25) is 0 Å². The third-order valence-corrected chi connectivity index (χ3v) is 4.15. The van der Waals surface area contributed by atoms with Crippen molar-refractivity contribution in [2.24, 2.45) is 0 Å². The van der Waals surface area contributed by atoms with Crippen LogP contribution in [-0.2, 0) is 0 Å². The lowest BCUT2D eigenvalue weighted by molar-refractivity contribution is 0.149. The summed E-state index contributed by atoms with van der Waals surface area (Å²) in [6.07, 6.45) is 3.34. The molecule has 1 aliphatic heterocycles. The normalized spacial score (nSPS) is 19.3. The first-order valence-corrected chi connectivity index (χ1v) is 7.29. The van der Waals surface area contributed by atoms with E-state index in [1.54, 1.807) is 0 Å². The highest BCUT2D eigenvalue weighted by Crippen LogP contribution is 2.22.